The second kappa shape index (κ2) is 10.4. The Hall–Kier alpha value is -2.76. The summed E-state index contributed by atoms with van der Waals surface area (Å²) in [5.41, 5.74) is 1.92. The summed E-state index contributed by atoms with van der Waals surface area (Å²) in [6.45, 7) is 5.63. The van der Waals surface area contributed by atoms with E-state index >= 15 is 0 Å². The number of allylic oxidation sites excluding steroid dienone is 2. The molecular formula is C21H30N2O4. The van der Waals surface area contributed by atoms with Crippen LogP contribution >= 0.6 is 0 Å². The molecule has 0 atom stereocenters. The molecule has 0 bridgehead atoms. The van der Waals surface area contributed by atoms with E-state index in [1.807, 2.05) is 75.2 Å². The van der Waals surface area contributed by atoms with E-state index in [9.17, 15) is 9.59 Å². The first-order valence-electron chi connectivity index (χ1n) is 8.95. The molecular weight excluding hydrogens is 344 g/mol. The number of esters is 2. The zero-order valence-corrected chi connectivity index (χ0v) is 17.3. The zero-order chi connectivity index (χ0) is 20.6. The van der Waals surface area contributed by atoms with Gasteiger partial charge in [0, 0.05) is 33.8 Å². The third-order valence-electron chi connectivity index (χ3n) is 3.83. The van der Waals surface area contributed by atoms with Crippen molar-refractivity contribution >= 4 is 17.5 Å². The first-order valence-corrected chi connectivity index (χ1v) is 8.95. The van der Waals surface area contributed by atoms with Crippen molar-refractivity contribution in [2.75, 3.05) is 41.4 Å². The largest absolute Gasteiger partial charge is 0.462 e. The number of ether oxygens (including phenoxy) is 2. The fraction of sp³-hybridized carbons (Fsp3) is 0.429. The average molecular weight is 374 g/mol. The molecule has 0 N–H and O–H groups in total. The number of benzene rings is 1. The normalized spacial score (nSPS) is 9.89. The first kappa shape index (κ1) is 22.3. The Kier molecular flexibility index (Phi) is 8.59. The van der Waals surface area contributed by atoms with Gasteiger partial charge in [-0.25, -0.2) is 9.59 Å². The predicted molar refractivity (Wildman–Crippen MR) is 107 cm³/mol. The molecule has 27 heavy (non-hydrogen) atoms. The van der Waals surface area contributed by atoms with Crippen molar-refractivity contribution in [3.05, 3.63) is 52.9 Å². The Morgan fingerprint density at radius 1 is 0.852 bits per heavy atom. The second-order valence-corrected chi connectivity index (χ2v) is 6.29. The Labute approximate surface area is 162 Å². The van der Waals surface area contributed by atoms with Crippen molar-refractivity contribution in [1.82, 2.24) is 9.80 Å². The third-order valence-corrected chi connectivity index (χ3v) is 3.83. The van der Waals surface area contributed by atoms with E-state index in [-0.39, 0.29) is 18.8 Å². The molecule has 0 radical (unpaired) electrons. The lowest BCUT2D eigenvalue weighted by Crippen LogP contribution is -2.27. The van der Waals surface area contributed by atoms with E-state index in [1.54, 1.807) is 13.8 Å². The van der Waals surface area contributed by atoms with Gasteiger partial charge >= 0.3 is 11.9 Å². The molecule has 0 spiro atoms. The summed E-state index contributed by atoms with van der Waals surface area (Å²) < 4.78 is 10.4. The molecule has 0 unspecified atom stereocenters. The predicted octanol–water partition coefficient (Wildman–Crippen LogP) is 2.92. The molecule has 1 rings (SSSR count). The van der Waals surface area contributed by atoms with Gasteiger partial charge in [-0.2, -0.15) is 0 Å². The number of hydrogen-bond acceptors (Lipinski definition) is 6. The minimum Gasteiger partial charge on any atom is -0.462 e. The summed E-state index contributed by atoms with van der Waals surface area (Å²) in [4.78, 5) is 29.3. The van der Waals surface area contributed by atoms with Gasteiger partial charge in [-0.05, 0) is 31.9 Å². The number of hydrogen-bond donors (Lipinski definition) is 0. The Balaban J connectivity index is 3.92. The Bertz CT molecular complexity index is 689. The highest BCUT2D eigenvalue weighted by atomic mass is 16.6. The highest BCUT2D eigenvalue weighted by Gasteiger charge is 2.29. The molecule has 0 aliphatic carbocycles. The van der Waals surface area contributed by atoms with Crippen molar-refractivity contribution in [3.63, 3.8) is 0 Å². The van der Waals surface area contributed by atoms with Crippen LogP contribution in [0.2, 0.25) is 0 Å². The maximum Gasteiger partial charge on any atom is 0.346 e. The van der Waals surface area contributed by atoms with Gasteiger partial charge in [-0.3, -0.25) is 0 Å². The maximum atomic E-state index is 12.7. The fourth-order valence-electron chi connectivity index (χ4n) is 3.03. The Morgan fingerprint density at radius 3 is 1.67 bits per heavy atom. The monoisotopic (exact) mass is 374 g/mol. The number of nitrogens with zero attached hydrogens (tertiary/aromatic N) is 2. The molecule has 0 fully saturated rings. The van der Waals surface area contributed by atoms with Crippen LogP contribution in [0.3, 0.4) is 0 Å². The van der Waals surface area contributed by atoms with Crippen molar-refractivity contribution in [2.45, 2.75) is 20.8 Å². The molecule has 6 heteroatoms. The second-order valence-electron chi connectivity index (χ2n) is 6.29. The number of rotatable bonds is 8. The van der Waals surface area contributed by atoms with Crippen molar-refractivity contribution in [1.29, 1.82) is 0 Å². The SMILES string of the molecule is CCOC(=O)C(C(=O)OCC)=C(C(C)=C(N(C)C)N(C)C)c1ccccc1. The van der Waals surface area contributed by atoms with Gasteiger partial charge in [0.15, 0.2) is 5.57 Å². The van der Waals surface area contributed by atoms with Gasteiger partial charge in [0.1, 0.15) is 5.82 Å². The molecule has 148 valence electrons. The van der Waals surface area contributed by atoms with Gasteiger partial charge in [-0.1, -0.05) is 30.3 Å². The molecule has 0 saturated heterocycles. The van der Waals surface area contributed by atoms with E-state index in [2.05, 4.69) is 0 Å². The van der Waals surface area contributed by atoms with Crippen LogP contribution in [-0.2, 0) is 19.1 Å². The molecule has 0 saturated carbocycles. The van der Waals surface area contributed by atoms with E-state index in [0.717, 1.165) is 17.0 Å². The Morgan fingerprint density at radius 2 is 1.30 bits per heavy atom. The lowest BCUT2D eigenvalue weighted by atomic mass is 9.93. The smallest absolute Gasteiger partial charge is 0.346 e. The highest BCUT2D eigenvalue weighted by molar-refractivity contribution is 6.21. The molecule has 0 heterocycles. The van der Waals surface area contributed by atoms with E-state index in [4.69, 9.17) is 9.47 Å². The lowest BCUT2D eigenvalue weighted by Gasteiger charge is -2.28. The lowest BCUT2D eigenvalue weighted by molar-refractivity contribution is -0.146. The van der Waals surface area contributed by atoms with Crippen LogP contribution < -0.4 is 0 Å². The summed E-state index contributed by atoms with van der Waals surface area (Å²) >= 11 is 0. The molecule has 1 aromatic rings. The first-order chi connectivity index (χ1) is 12.8. The summed E-state index contributed by atoms with van der Waals surface area (Å²) in [7, 11) is 7.65. The fourth-order valence-corrected chi connectivity index (χ4v) is 3.03. The average Bonchev–Trinajstić information content (AvgIpc) is 2.59. The van der Waals surface area contributed by atoms with Crippen molar-refractivity contribution in [2.24, 2.45) is 0 Å². The molecule has 6 nitrogen and oxygen atoms in total. The summed E-state index contributed by atoms with van der Waals surface area (Å²) in [6.07, 6.45) is 0. The maximum absolute atomic E-state index is 12.7. The van der Waals surface area contributed by atoms with E-state index < -0.39 is 11.9 Å². The highest BCUT2D eigenvalue weighted by Crippen LogP contribution is 2.31. The van der Waals surface area contributed by atoms with Crippen LogP contribution in [0.1, 0.15) is 26.3 Å². The van der Waals surface area contributed by atoms with Crippen LogP contribution in [0.4, 0.5) is 0 Å². The number of carbonyl (C=O) groups excluding carboxylic acids is 2. The minimum atomic E-state index is -0.689. The van der Waals surface area contributed by atoms with Crippen LogP contribution in [0.15, 0.2) is 47.3 Å². The van der Waals surface area contributed by atoms with E-state index in [1.165, 1.54) is 0 Å². The van der Waals surface area contributed by atoms with Crippen molar-refractivity contribution in [3.8, 4) is 0 Å². The van der Waals surface area contributed by atoms with Crippen LogP contribution in [-0.4, -0.2) is 63.1 Å². The molecule has 0 aliphatic heterocycles. The number of carbonyl (C=O) groups is 2. The van der Waals surface area contributed by atoms with Gasteiger partial charge < -0.3 is 19.3 Å². The van der Waals surface area contributed by atoms with Crippen molar-refractivity contribution < 1.29 is 19.1 Å². The minimum absolute atomic E-state index is 0.0939. The standard InChI is InChI=1S/C21H30N2O4/c1-8-26-20(24)18(21(25)27-9-2)17(16-13-11-10-12-14-16)15(3)19(22(4)5)23(6)7/h10-14H,8-9H2,1-7H3. The van der Waals surface area contributed by atoms with Gasteiger partial charge in [0.05, 0.1) is 13.2 Å². The summed E-state index contributed by atoms with van der Waals surface area (Å²) in [6, 6.07) is 9.33. The van der Waals surface area contributed by atoms with Crippen LogP contribution in [0.5, 0.6) is 0 Å². The summed E-state index contributed by atoms with van der Waals surface area (Å²) in [5.74, 6) is -0.517. The van der Waals surface area contributed by atoms with E-state index in [0.29, 0.717) is 5.57 Å². The topological polar surface area (TPSA) is 59.1 Å². The third kappa shape index (κ3) is 5.61. The summed E-state index contributed by atoms with van der Waals surface area (Å²) in [5, 5.41) is 0. The van der Waals surface area contributed by atoms with Gasteiger partial charge in [-0.15, -0.1) is 0 Å². The molecule has 0 aliphatic rings. The zero-order valence-electron chi connectivity index (χ0n) is 17.3. The molecule has 0 amide bonds. The molecule has 0 aromatic heterocycles. The van der Waals surface area contributed by atoms with Crippen LogP contribution in [0.25, 0.3) is 5.57 Å². The van der Waals surface area contributed by atoms with Gasteiger partial charge in [0.2, 0.25) is 0 Å². The molecule has 1 aromatic carbocycles. The van der Waals surface area contributed by atoms with Crippen LogP contribution in [0, 0.1) is 0 Å². The quantitative estimate of drug-likeness (QED) is 0.229. The van der Waals surface area contributed by atoms with Gasteiger partial charge in [0.25, 0.3) is 0 Å².